The average molecular weight is 340 g/mol. The van der Waals surface area contributed by atoms with E-state index < -0.39 is 5.60 Å². The van der Waals surface area contributed by atoms with Gasteiger partial charge in [-0.1, -0.05) is 19.1 Å². The Labute approximate surface area is 146 Å². The molecule has 1 aliphatic carbocycles. The number of hydrogen-bond acceptors (Lipinski definition) is 5. The largest absolute Gasteiger partial charge is 0.485 e. The Balaban J connectivity index is 1.70. The highest BCUT2D eigenvalue weighted by Crippen LogP contribution is 2.48. The maximum Gasteiger partial charge on any atom is 0.231 e. The molecule has 1 fully saturated rings. The highest BCUT2D eigenvalue weighted by Gasteiger charge is 2.45. The maximum atomic E-state index is 12.6. The van der Waals surface area contributed by atoms with Gasteiger partial charge in [-0.15, -0.1) is 6.58 Å². The van der Waals surface area contributed by atoms with Crippen molar-refractivity contribution in [3.05, 3.63) is 59.9 Å². The van der Waals surface area contributed by atoms with Gasteiger partial charge < -0.3 is 18.9 Å². The first-order valence-electron chi connectivity index (χ1n) is 8.29. The Kier molecular flexibility index (Phi) is 3.69. The SMILES string of the molecule is C=CC[C@@]1(OC)C=C2C(=CC1=O)O[C@@H](c1ccc3c(c1)OCO3)[C@H]2C. The topological polar surface area (TPSA) is 54.0 Å². The molecular formula is C20H20O5. The summed E-state index contributed by atoms with van der Waals surface area (Å²) >= 11 is 0. The van der Waals surface area contributed by atoms with E-state index in [1.54, 1.807) is 19.3 Å². The molecule has 0 amide bonds. The van der Waals surface area contributed by atoms with Crippen molar-refractivity contribution < 1.29 is 23.7 Å². The fourth-order valence-corrected chi connectivity index (χ4v) is 3.64. The highest BCUT2D eigenvalue weighted by atomic mass is 16.7. The molecule has 0 unspecified atom stereocenters. The van der Waals surface area contributed by atoms with Crippen molar-refractivity contribution in [2.24, 2.45) is 5.92 Å². The zero-order valence-electron chi connectivity index (χ0n) is 14.3. The normalized spacial score (nSPS) is 29.6. The molecule has 1 saturated heterocycles. The second-order valence-corrected chi connectivity index (χ2v) is 6.50. The summed E-state index contributed by atoms with van der Waals surface area (Å²) in [4.78, 5) is 12.6. The molecule has 2 heterocycles. The standard InChI is InChI=1S/C20H20O5/c1-4-7-20(22-3)10-14-12(2)19(25-16(14)9-18(20)21)13-5-6-15-17(8-13)24-11-23-15/h4-6,8-10,12,19H,1,7,11H2,2-3H3/t12-,19+,20+/m0/s1. The minimum atomic E-state index is -0.984. The third-order valence-electron chi connectivity index (χ3n) is 5.09. The summed E-state index contributed by atoms with van der Waals surface area (Å²) in [7, 11) is 1.55. The molecule has 1 aromatic rings. The molecule has 0 spiro atoms. The zero-order chi connectivity index (χ0) is 17.6. The van der Waals surface area contributed by atoms with Gasteiger partial charge in [-0.3, -0.25) is 4.79 Å². The van der Waals surface area contributed by atoms with Crippen molar-refractivity contribution in [2.45, 2.75) is 25.0 Å². The van der Waals surface area contributed by atoms with E-state index in [9.17, 15) is 4.79 Å². The number of benzene rings is 1. The molecule has 0 saturated carbocycles. The molecule has 130 valence electrons. The second kappa shape index (κ2) is 5.77. The summed E-state index contributed by atoms with van der Waals surface area (Å²) in [6, 6.07) is 5.81. The van der Waals surface area contributed by atoms with E-state index in [4.69, 9.17) is 18.9 Å². The average Bonchev–Trinajstić information content (AvgIpc) is 3.20. The van der Waals surface area contributed by atoms with Gasteiger partial charge in [-0.05, 0) is 23.8 Å². The van der Waals surface area contributed by atoms with Crippen molar-refractivity contribution in [1.29, 1.82) is 0 Å². The number of methoxy groups -OCH3 is 1. The molecule has 0 aromatic heterocycles. The van der Waals surface area contributed by atoms with Crippen LogP contribution in [0.1, 0.15) is 25.0 Å². The van der Waals surface area contributed by atoms with Crippen LogP contribution >= 0.6 is 0 Å². The predicted octanol–water partition coefficient (Wildman–Crippen LogP) is 3.48. The molecule has 0 radical (unpaired) electrons. The fraction of sp³-hybridized carbons (Fsp3) is 0.350. The minimum Gasteiger partial charge on any atom is -0.485 e. The predicted molar refractivity (Wildman–Crippen MR) is 91.3 cm³/mol. The number of ketones is 1. The van der Waals surface area contributed by atoms with Crippen LogP contribution in [0.4, 0.5) is 0 Å². The Bertz CT molecular complexity index is 806. The molecule has 5 heteroatoms. The molecule has 3 aliphatic rings. The molecule has 5 nitrogen and oxygen atoms in total. The van der Waals surface area contributed by atoms with Crippen molar-refractivity contribution in [2.75, 3.05) is 13.9 Å². The smallest absolute Gasteiger partial charge is 0.231 e. The number of allylic oxidation sites excluding steroid dienone is 1. The first-order chi connectivity index (χ1) is 12.1. The van der Waals surface area contributed by atoms with Gasteiger partial charge in [0.15, 0.2) is 22.9 Å². The van der Waals surface area contributed by atoms with Crippen LogP contribution < -0.4 is 9.47 Å². The lowest BCUT2D eigenvalue weighted by Crippen LogP contribution is -2.39. The molecule has 25 heavy (non-hydrogen) atoms. The first kappa shape index (κ1) is 16.0. The monoisotopic (exact) mass is 340 g/mol. The molecule has 2 aliphatic heterocycles. The number of hydrogen-bond donors (Lipinski definition) is 0. The lowest BCUT2D eigenvalue weighted by molar-refractivity contribution is -0.130. The van der Waals surface area contributed by atoms with E-state index in [1.807, 2.05) is 24.3 Å². The molecule has 4 rings (SSSR count). The van der Waals surface area contributed by atoms with Gasteiger partial charge in [0.05, 0.1) is 0 Å². The summed E-state index contributed by atoms with van der Waals surface area (Å²) in [5.74, 6) is 2.05. The highest BCUT2D eigenvalue weighted by molar-refractivity contribution is 6.01. The van der Waals surface area contributed by atoms with Gasteiger partial charge in [-0.25, -0.2) is 0 Å². The van der Waals surface area contributed by atoms with E-state index in [0.29, 0.717) is 12.2 Å². The minimum absolute atomic E-state index is 0.0825. The van der Waals surface area contributed by atoms with Gasteiger partial charge in [0, 0.05) is 31.1 Å². The zero-order valence-corrected chi connectivity index (χ0v) is 14.3. The molecular weight excluding hydrogens is 320 g/mol. The number of ether oxygens (including phenoxy) is 4. The van der Waals surface area contributed by atoms with E-state index in [-0.39, 0.29) is 24.6 Å². The van der Waals surface area contributed by atoms with Crippen LogP contribution in [0.2, 0.25) is 0 Å². The Morgan fingerprint density at radius 2 is 2.16 bits per heavy atom. The Morgan fingerprint density at radius 3 is 2.92 bits per heavy atom. The summed E-state index contributed by atoms with van der Waals surface area (Å²) in [5, 5.41) is 0. The van der Waals surface area contributed by atoms with Gasteiger partial charge in [-0.2, -0.15) is 0 Å². The first-order valence-corrected chi connectivity index (χ1v) is 8.29. The van der Waals surface area contributed by atoms with Crippen LogP contribution in [0.15, 0.2) is 54.3 Å². The summed E-state index contributed by atoms with van der Waals surface area (Å²) < 4.78 is 22.5. The van der Waals surface area contributed by atoms with Crippen molar-refractivity contribution in [3.63, 3.8) is 0 Å². The number of fused-ring (bicyclic) bond motifs is 2. The van der Waals surface area contributed by atoms with Crippen molar-refractivity contribution in [1.82, 2.24) is 0 Å². The van der Waals surface area contributed by atoms with E-state index in [0.717, 1.165) is 22.6 Å². The van der Waals surface area contributed by atoms with Crippen LogP contribution in [0.5, 0.6) is 11.5 Å². The molecule has 0 N–H and O–H groups in total. The maximum absolute atomic E-state index is 12.6. The van der Waals surface area contributed by atoms with E-state index >= 15 is 0 Å². The van der Waals surface area contributed by atoms with E-state index in [2.05, 4.69) is 13.5 Å². The molecule has 3 atom stereocenters. The summed E-state index contributed by atoms with van der Waals surface area (Å²) in [5.41, 5.74) is 1.00. The van der Waals surface area contributed by atoms with Gasteiger partial charge in [0.25, 0.3) is 0 Å². The van der Waals surface area contributed by atoms with Gasteiger partial charge >= 0.3 is 0 Å². The molecule has 1 aromatic carbocycles. The Morgan fingerprint density at radius 1 is 1.36 bits per heavy atom. The van der Waals surface area contributed by atoms with Crippen LogP contribution in [0, 0.1) is 5.92 Å². The van der Waals surface area contributed by atoms with Crippen molar-refractivity contribution >= 4 is 5.78 Å². The number of carbonyl (C=O) groups is 1. The van der Waals surface area contributed by atoms with Crippen LogP contribution in [-0.4, -0.2) is 25.3 Å². The van der Waals surface area contributed by atoms with Crippen LogP contribution in [-0.2, 0) is 14.3 Å². The second-order valence-electron chi connectivity index (χ2n) is 6.50. The Hall–Kier alpha value is -2.53. The third kappa shape index (κ3) is 2.38. The van der Waals surface area contributed by atoms with Crippen molar-refractivity contribution in [3.8, 4) is 11.5 Å². The fourth-order valence-electron chi connectivity index (χ4n) is 3.64. The summed E-state index contributed by atoms with van der Waals surface area (Å²) in [6.45, 7) is 6.07. The molecule has 0 bridgehead atoms. The van der Waals surface area contributed by atoms with E-state index in [1.165, 1.54) is 0 Å². The number of carbonyl (C=O) groups excluding carboxylic acids is 1. The summed E-state index contributed by atoms with van der Waals surface area (Å²) in [6.07, 6.45) is 5.39. The van der Waals surface area contributed by atoms with Crippen LogP contribution in [0.25, 0.3) is 0 Å². The van der Waals surface area contributed by atoms with Gasteiger partial charge in [0.1, 0.15) is 11.9 Å². The lowest BCUT2D eigenvalue weighted by Gasteiger charge is -2.29. The third-order valence-corrected chi connectivity index (χ3v) is 5.09. The van der Waals surface area contributed by atoms with Gasteiger partial charge in [0.2, 0.25) is 6.79 Å². The number of rotatable bonds is 4. The lowest BCUT2D eigenvalue weighted by atomic mass is 9.82. The van der Waals surface area contributed by atoms with Crippen LogP contribution in [0.3, 0.4) is 0 Å². The quantitative estimate of drug-likeness (QED) is 0.786.